The van der Waals surface area contributed by atoms with Gasteiger partial charge in [-0.1, -0.05) is 12.8 Å². The van der Waals surface area contributed by atoms with Gasteiger partial charge in [0, 0.05) is 13.6 Å². The zero-order chi connectivity index (χ0) is 14.2. The van der Waals surface area contributed by atoms with Crippen molar-refractivity contribution in [1.29, 1.82) is 0 Å². The van der Waals surface area contributed by atoms with Gasteiger partial charge in [0.25, 0.3) is 0 Å². The minimum atomic E-state index is 0.601. The van der Waals surface area contributed by atoms with Crippen LogP contribution in [0, 0.1) is 0 Å². The summed E-state index contributed by atoms with van der Waals surface area (Å²) in [6.45, 7) is 0.930. The van der Waals surface area contributed by atoms with Crippen LogP contribution >= 0.6 is 11.8 Å². The first-order chi connectivity index (χ1) is 9.85. The number of fused-ring (bicyclic) bond motifs is 1. The second-order valence-corrected chi connectivity index (χ2v) is 5.60. The monoisotopic (exact) mass is 294 g/mol. The maximum absolute atomic E-state index is 4.44. The maximum Gasteiger partial charge on any atom is 0.226 e. The van der Waals surface area contributed by atoms with Crippen LogP contribution in [-0.2, 0) is 0 Å². The fraction of sp³-hybridized carbons (Fsp3) is 0.615. The molecular weight excluding hydrogens is 272 g/mol. The number of anilines is 2. The Morgan fingerprint density at radius 2 is 2.05 bits per heavy atom. The molecule has 0 aliphatic rings. The van der Waals surface area contributed by atoms with Crippen LogP contribution in [0.15, 0.2) is 6.20 Å². The number of aromatic amines is 1. The Morgan fingerprint density at radius 1 is 1.20 bits per heavy atom. The van der Waals surface area contributed by atoms with Gasteiger partial charge in [-0.15, -0.1) is 0 Å². The largest absolute Gasteiger partial charge is 0.369 e. The van der Waals surface area contributed by atoms with Crippen LogP contribution in [0.3, 0.4) is 0 Å². The lowest BCUT2D eigenvalue weighted by Gasteiger charge is -2.08. The first-order valence-electron chi connectivity index (χ1n) is 6.97. The molecule has 110 valence electrons. The van der Waals surface area contributed by atoms with Gasteiger partial charge < -0.3 is 10.6 Å². The minimum Gasteiger partial charge on any atom is -0.369 e. The van der Waals surface area contributed by atoms with Crippen LogP contribution in [0.4, 0.5) is 11.8 Å². The van der Waals surface area contributed by atoms with Crippen LogP contribution in [0.25, 0.3) is 11.0 Å². The van der Waals surface area contributed by atoms with Crippen LogP contribution in [0.5, 0.6) is 0 Å². The molecule has 2 aromatic rings. The van der Waals surface area contributed by atoms with E-state index in [2.05, 4.69) is 37.1 Å². The highest BCUT2D eigenvalue weighted by atomic mass is 32.2. The van der Waals surface area contributed by atoms with E-state index < -0.39 is 0 Å². The van der Waals surface area contributed by atoms with Gasteiger partial charge >= 0.3 is 0 Å². The molecule has 0 unspecified atom stereocenters. The summed E-state index contributed by atoms with van der Waals surface area (Å²) in [6, 6.07) is 0. The number of aromatic nitrogens is 4. The van der Waals surface area contributed by atoms with Crippen molar-refractivity contribution >= 4 is 34.6 Å². The molecule has 0 aliphatic carbocycles. The van der Waals surface area contributed by atoms with Crippen molar-refractivity contribution in [3.8, 4) is 0 Å². The molecule has 2 heterocycles. The number of nitrogens with one attached hydrogen (secondary N) is 3. The van der Waals surface area contributed by atoms with Crippen molar-refractivity contribution in [2.24, 2.45) is 0 Å². The third kappa shape index (κ3) is 4.00. The van der Waals surface area contributed by atoms with Gasteiger partial charge in [0.2, 0.25) is 5.95 Å². The summed E-state index contributed by atoms with van der Waals surface area (Å²) in [4.78, 5) is 8.75. The lowest BCUT2D eigenvalue weighted by atomic mass is 10.2. The Hall–Kier alpha value is -1.50. The van der Waals surface area contributed by atoms with Crippen LogP contribution in [0.1, 0.15) is 25.7 Å². The number of rotatable bonds is 9. The van der Waals surface area contributed by atoms with Crippen molar-refractivity contribution in [3.05, 3.63) is 6.20 Å². The Labute approximate surface area is 123 Å². The summed E-state index contributed by atoms with van der Waals surface area (Å²) < 4.78 is 0. The molecule has 0 atom stereocenters. The summed E-state index contributed by atoms with van der Waals surface area (Å²) in [6.07, 6.45) is 8.94. The number of nitrogens with zero attached hydrogens (tertiary/aromatic N) is 3. The van der Waals surface area contributed by atoms with Crippen LogP contribution in [0.2, 0.25) is 0 Å². The standard InChI is InChI=1S/C13H22N6S/c1-14-13-17-11(10-9-16-19-12(10)18-13)15-7-5-3-4-6-8-20-2/h9H,3-8H2,1-2H3,(H3,14,15,16,17,18,19). The van der Waals surface area contributed by atoms with Gasteiger partial charge in [0.05, 0.1) is 11.6 Å². The lowest BCUT2D eigenvalue weighted by Crippen LogP contribution is -2.06. The number of hydrogen-bond donors (Lipinski definition) is 3. The predicted octanol–water partition coefficient (Wildman–Crippen LogP) is 2.73. The molecule has 0 spiro atoms. The topological polar surface area (TPSA) is 78.5 Å². The van der Waals surface area contributed by atoms with Gasteiger partial charge in [-0.25, -0.2) is 0 Å². The van der Waals surface area contributed by atoms with Crippen molar-refractivity contribution in [2.75, 3.05) is 36.2 Å². The molecule has 0 saturated carbocycles. The molecule has 0 bridgehead atoms. The van der Waals surface area contributed by atoms with Crippen molar-refractivity contribution < 1.29 is 0 Å². The van der Waals surface area contributed by atoms with Gasteiger partial charge in [-0.3, -0.25) is 5.10 Å². The van der Waals surface area contributed by atoms with Gasteiger partial charge in [0.1, 0.15) is 5.82 Å². The molecule has 0 fully saturated rings. The van der Waals surface area contributed by atoms with E-state index >= 15 is 0 Å². The average molecular weight is 294 g/mol. The predicted molar refractivity (Wildman–Crippen MR) is 86.6 cm³/mol. The summed E-state index contributed by atoms with van der Waals surface area (Å²) in [5.41, 5.74) is 0.756. The lowest BCUT2D eigenvalue weighted by molar-refractivity contribution is 0.688. The molecular formula is C13H22N6S. The summed E-state index contributed by atoms with van der Waals surface area (Å²) in [7, 11) is 1.81. The summed E-state index contributed by atoms with van der Waals surface area (Å²) >= 11 is 1.92. The van der Waals surface area contributed by atoms with E-state index in [0.29, 0.717) is 5.95 Å². The Kier molecular flexibility index (Phi) is 5.91. The molecule has 6 nitrogen and oxygen atoms in total. The van der Waals surface area contributed by atoms with Crippen molar-refractivity contribution in [1.82, 2.24) is 20.2 Å². The molecule has 3 N–H and O–H groups in total. The zero-order valence-corrected chi connectivity index (χ0v) is 12.9. The van der Waals surface area contributed by atoms with Crippen molar-refractivity contribution in [2.45, 2.75) is 25.7 Å². The highest BCUT2D eigenvalue weighted by Crippen LogP contribution is 2.19. The van der Waals surface area contributed by atoms with E-state index in [-0.39, 0.29) is 0 Å². The smallest absolute Gasteiger partial charge is 0.226 e. The first-order valence-corrected chi connectivity index (χ1v) is 8.36. The van der Waals surface area contributed by atoms with E-state index in [9.17, 15) is 0 Å². The summed E-state index contributed by atoms with van der Waals surface area (Å²) in [5.74, 6) is 2.71. The van der Waals surface area contributed by atoms with E-state index in [1.807, 2.05) is 18.8 Å². The second-order valence-electron chi connectivity index (χ2n) is 4.61. The highest BCUT2D eigenvalue weighted by molar-refractivity contribution is 7.98. The Balaban J connectivity index is 1.84. The quantitative estimate of drug-likeness (QED) is 0.617. The molecule has 0 aromatic carbocycles. The van der Waals surface area contributed by atoms with E-state index in [1.165, 1.54) is 25.0 Å². The molecule has 0 radical (unpaired) electrons. The Bertz CT molecular complexity index is 527. The first kappa shape index (κ1) is 14.9. The van der Waals surface area contributed by atoms with Crippen LogP contribution in [-0.4, -0.2) is 45.8 Å². The number of hydrogen-bond acceptors (Lipinski definition) is 6. The molecule has 20 heavy (non-hydrogen) atoms. The molecule has 7 heteroatoms. The van der Waals surface area contributed by atoms with Crippen molar-refractivity contribution in [3.63, 3.8) is 0 Å². The zero-order valence-electron chi connectivity index (χ0n) is 12.1. The molecule has 0 amide bonds. The van der Waals surface area contributed by atoms with Gasteiger partial charge in [-0.2, -0.15) is 26.8 Å². The van der Waals surface area contributed by atoms with Gasteiger partial charge in [0.15, 0.2) is 5.65 Å². The molecule has 0 aliphatic heterocycles. The third-order valence-electron chi connectivity index (χ3n) is 3.10. The van der Waals surface area contributed by atoms with E-state index in [1.54, 1.807) is 6.20 Å². The second kappa shape index (κ2) is 7.94. The molecule has 2 rings (SSSR count). The van der Waals surface area contributed by atoms with Gasteiger partial charge in [-0.05, 0) is 24.9 Å². The number of H-pyrrole nitrogens is 1. The Morgan fingerprint density at radius 3 is 2.85 bits per heavy atom. The highest BCUT2D eigenvalue weighted by Gasteiger charge is 2.07. The SMILES string of the molecule is CNc1nc(NCCCCCCSC)c2cn[nH]c2n1. The fourth-order valence-corrected chi connectivity index (χ4v) is 2.51. The van der Waals surface area contributed by atoms with E-state index in [0.717, 1.165) is 29.8 Å². The minimum absolute atomic E-state index is 0.601. The molecule has 0 saturated heterocycles. The van der Waals surface area contributed by atoms with E-state index in [4.69, 9.17) is 0 Å². The summed E-state index contributed by atoms with van der Waals surface area (Å²) in [5, 5.41) is 14.2. The number of thioether (sulfide) groups is 1. The maximum atomic E-state index is 4.44. The normalized spacial score (nSPS) is 10.9. The fourth-order valence-electron chi connectivity index (χ4n) is 2.01. The third-order valence-corrected chi connectivity index (χ3v) is 3.80. The number of unbranched alkanes of at least 4 members (excludes halogenated alkanes) is 3. The average Bonchev–Trinajstić information content (AvgIpc) is 2.94. The van der Waals surface area contributed by atoms with Crippen LogP contribution < -0.4 is 10.6 Å². The molecule has 2 aromatic heterocycles.